The second kappa shape index (κ2) is 10.1. The van der Waals surface area contributed by atoms with Gasteiger partial charge in [0, 0.05) is 61.5 Å². The Kier molecular flexibility index (Phi) is 7.05. The van der Waals surface area contributed by atoms with Crippen molar-refractivity contribution >= 4 is 18.2 Å². The van der Waals surface area contributed by atoms with Crippen LogP contribution in [-0.2, 0) is 14.1 Å². The van der Waals surface area contributed by atoms with E-state index in [9.17, 15) is 0 Å². The standard InChI is InChI=1S/C24H28N8.ClH/c1-31-15-20(12-28-31)18-6-3-7-19(9-18)23-27-14-22(21-13-29-32(2)16-21)24(30-23)26-11-17-5-4-8-25-10-17;/h3,6-7,9,12-17,25H,4-5,8,10-11H2,1-2H3,(H,26,27,30);1H. The third-order valence-electron chi connectivity index (χ3n) is 5.92. The summed E-state index contributed by atoms with van der Waals surface area (Å²) in [5.41, 5.74) is 5.12. The number of aromatic nitrogens is 6. The molecule has 8 nitrogen and oxygen atoms in total. The van der Waals surface area contributed by atoms with Crippen LogP contribution in [0.4, 0.5) is 5.82 Å². The third kappa shape index (κ3) is 5.23. The van der Waals surface area contributed by atoms with Gasteiger partial charge in [0.15, 0.2) is 5.82 Å². The van der Waals surface area contributed by atoms with Crippen molar-refractivity contribution in [1.29, 1.82) is 0 Å². The van der Waals surface area contributed by atoms with E-state index in [2.05, 4.69) is 33.0 Å². The Hall–Kier alpha value is -3.23. The second-order valence-electron chi connectivity index (χ2n) is 8.44. The zero-order chi connectivity index (χ0) is 21.9. The zero-order valence-corrected chi connectivity index (χ0v) is 19.7. The molecule has 1 aromatic carbocycles. The Morgan fingerprint density at radius 2 is 1.76 bits per heavy atom. The van der Waals surface area contributed by atoms with Crippen LogP contribution in [-0.4, -0.2) is 49.2 Å². The van der Waals surface area contributed by atoms with E-state index in [1.807, 2.05) is 61.9 Å². The minimum Gasteiger partial charge on any atom is -0.369 e. The first-order valence-electron chi connectivity index (χ1n) is 11.1. The van der Waals surface area contributed by atoms with Crippen molar-refractivity contribution in [2.75, 3.05) is 25.0 Å². The van der Waals surface area contributed by atoms with Gasteiger partial charge in [-0.1, -0.05) is 18.2 Å². The lowest BCUT2D eigenvalue weighted by Gasteiger charge is -2.23. The quantitative estimate of drug-likeness (QED) is 0.451. The van der Waals surface area contributed by atoms with E-state index < -0.39 is 0 Å². The molecule has 0 saturated carbocycles. The van der Waals surface area contributed by atoms with Crippen LogP contribution in [0, 0.1) is 5.92 Å². The van der Waals surface area contributed by atoms with E-state index >= 15 is 0 Å². The van der Waals surface area contributed by atoms with Crippen LogP contribution in [0.1, 0.15) is 12.8 Å². The van der Waals surface area contributed by atoms with E-state index in [0.717, 1.165) is 53.3 Å². The number of rotatable bonds is 6. The molecule has 4 aromatic rings. The van der Waals surface area contributed by atoms with Crippen molar-refractivity contribution < 1.29 is 0 Å². The highest BCUT2D eigenvalue weighted by molar-refractivity contribution is 5.85. The molecule has 0 spiro atoms. The highest BCUT2D eigenvalue weighted by Gasteiger charge is 2.16. The maximum Gasteiger partial charge on any atom is 0.161 e. The number of piperidine rings is 1. The van der Waals surface area contributed by atoms with E-state index in [4.69, 9.17) is 9.97 Å². The van der Waals surface area contributed by atoms with Crippen molar-refractivity contribution in [3.63, 3.8) is 0 Å². The first-order valence-corrected chi connectivity index (χ1v) is 11.1. The topological polar surface area (TPSA) is 85.5 Å². The first kappa shape index (κ1) is 22.9. The van der Waals surface area contributed by atoms with Gasteiger partial charge in [-0.05, 0) is 43.5 Å². The van der Waals surface area contributed by atoms with Crippen LogP contribution in [0.2, 0.25) is 0 Å². The van der Waals surface area contributed by atoms with E-state index in [-0.39, 0.29) is 12.4 Å². The number of anilines is 1. The predicted octanol–water partition coefficient (Wildman–Crippen LogP) is 3.78. The van der Waals surface area contributed by atoms with Gasteiger partial charge in [-0.2, -0.15) is 10.2 Å². The number of halogens is 1. The molecular weight excluding hydrogens is 436 g/mol. The third-order valence-corrected chi connectivity index (χ3v) is 5.92. The molecule has 5 rings (SSSR count). The summed E-state index contributed by atoms with van der Waals surface area (Å²) in [5, 5.41) is 15.7. The summed E-state index contributed by atoms with van der Waals surface area (Å²) in [6.45, 7) is 3.04. The number of aryl methyl sites for hydroxylation is 2. The molecule has 4 heterocycles. The molecule has 1 aliphatic rings. The average Bonchev–Trinajstić information content (AvgIpc) is 3.46. The molecule has 9 heteroatoms. The van der Waals surface area contributed by atoms with Crippen LogP contribution < -0.4 is 10.6 Å². The van der Waals surface area contributed by atoms with Crippen LogP contribution in [0.3, 0.4) is 0 Å². The molecule has 1 unspecified atom stereocenters. The van der Waals surface area contributed by atoms with Crippen molar-refractivity contribution in [2.24, 2.45) is 20.0 Å². The molecule has 1 atom stereocenters. The number of nitrogens with one attached hydrogen (secondary N) is 2. The summed E-state index contributed by atoms with van der Waals surface area (Å²) >= 11 is 0. The SMILES string of the molecule is Cl.Cn1cc(-c2cccc(-c3ncc(-c4cnn(C)c4)c(NCC4CCCNC4)n3)c2)cn1. The summed E-state index contributed by atoms with van der Waals surface area (Å²) in [6, 6.07) is 8.29. The van der Waals surface area contributed by atoms with E-state index in [1.165, 1.54) is 12.8 Å². The summed E-state index contributed by atoms with van der Waals surface area (Å²) in [5.74, 6) is 2.14. The molecule has 1 aliphatic heterocycles. The fourth-order valence-corrected chi connectivity index (χ4v) is 4.17. The molecule has 0 radical (unpaired) electrons. The van der Waals surface area contributed by atoms with Gasteiger partial charge in [0.1, 0.15) is 5.82 Å². The minimum atomic E-state index is 0. The van der Waals surface area contributed by atoms with Crippen molar-refractivity contribution in [2.45, 2.75) is 12.8 Å². The summed E-state index contributed by atoms with van der Waals surface area (Å²) in [6.07, 6.45) is 12.1. The molecule has 2 N–H and O–H groups in total. The number of nitrogens with zero attached hydrogens (tertiary/aromatic N) is 6. The van der Waals surface area contributed by atoms with Gasteiger partial charge in [-0.3, -0.25) is 9.36 Å². The Morgan fingerprint density at radius 3 is 2.45 bits per heavy atom. The molecule has 1 fully saturated rings. The first-order chi connectivity index (χ1) is 15.7. The Balaban J connectivity index is 0.00000259. The lowest BCUT2D eigenvalue weighted by Crippen LogP contribution is -2.33. The predicted molar refractivity (Wildman–Crippen MR) is 133 cm³/mol. The smallest absolute Gasteiger partial charge is 0.161 e. The molecule has 0 bridgehead atoms. The lowest BCUT2D eigenvalue weighted by molar-refractivity contribution is 0.392. The van der Waals surface area contributed by atoms with Gasteiger partial charge in [0.05, 0.1) is 12.4 Å². The van der Waals surface area contributed by atoms with Gasteiger partial charge < -0.3 is 10.6 Å². The van der Waals surface area contributed by atoms with E-state index in [1.54, 1.807) is 4.68 Å². The van der Waals surface area contributed by atoms with Crippen LogP contribution in [0.15, 0.2) is 55.2 Å². The van der Waals surface area contributed by atoms with Crippen LogP contribution in [0.25, 0.3) is 33.6 Å². The summed E-state index contributed by atoms with van der Waals surface area (Å²) in [7, 11) is 3.84. The second-order valence-corrected chi connectivity index (χ2v) is 8.44. The molecular formula is C24H29ClN8. The van der Waals surface area contributed by atoms with Gasteiger partial charge in [-0.25, -0.2) is 9.97 Å². The van der Waals surface area contributed by atoms with Crippen molar-refractivity contribution in [1.82, 2.24) is 34.8 Å². The van der Waals surface area contributed by atoms with Gasteiger partial charge in [-0.15, -0.1) is 12.4 Å². The van der Waals surface area contributed by atoms with Gasteiger partial charge >= 0.3 is 0 Å². The number of hydrogen-bond donors (Lipinski definition) is 2. The van der Waals surface area contributed by atoms with Gasteiger partial charge in [0.25, 0.3) is 0 Å². The Morgan fingerprint density at radius 1 is 1.00 bits per heavy atom. The largest absolute Gasteiger partial charge is 0.369 e. The van der Waals surface area contributed by atoms with Crippen molar-refractivity contribution in [3.8, 4) is 33.6 Å². The van der Waals surface area contributed by atoms with E-state index in [0.29, 0.717) is 11.7 Å². The molecule has 0 aliphatic carbocycles. The number of hydrogen-bond acceptors (Lipinski definition) is 6. The summed E-state index contributed by atoms with van der Waals surface area (Å²) in [4.78, 5) is 9.66. The maximum absolute atomic E-state index is 4.95. The fourth-order valence-electron chi connectivity index (χ4n) is 4.17. The van der Waals surface area contributed by atoms with Crippen LogP contribution >= 0.6 is 12.4 Å². The molecule has 1 saturated heterocycles. The average molecular weight is 465 g/mol. The number of benzene rings is 1. The molecule has 33 heavy (non-hydrogen) atoms. The monoisotopic (exact) mass is 464 g/mol. The normalized spacial score (nSPS) is 15.8. The zero-order valence-electron chi connectivity index (χ0n) is 18.9. The lowest BCUT2D eigenvalue weighted by atomic mass is 9.99. The summed E-state index contributed by atoms with van der Waals surface area (Å²) < 4.78 is 3.61. The fraction of sp³-hybridized carbons (Fsp3) is 0.333. The molecule has 172 valence electrons. The Bertz CT molecular complexity index is 1210. The van der Waals surface area contributed by atoms with Gasteiger partial charge in [0.2, 0.25) is 0 Å². The molecule has 3 aromatic heterocycles. The van der Waals surface area contributed by atoms with Crippen molar-refractivity contribution in [3.05, 3.63) is 55.2 Å². The highest BCUT2D eigenvalue weighted by atomic mass is 35.5. The maximum atomic E-state index is 4.95. The molecule has 0 amide bonds. The minimum absolute atomic E-state index is 0. The van der Waals surface area contributed by atoms with Crippen LogP contribution in [0.5, 0.6) is 0 Å². The highest BCUT2D eigenvalue weighted by Crippen LogP contribution is 2.30. The Labute approximate surface area is 199 Å².